The van der Waals surface area contributed by atoms with Crippen LogP contribution in [0.25, 0.3) is 0 Å². The van der Waals surface area contributed by atoms with Crippen LogP contribution in [0.2, 0.25) is 0 Å². The molecule has 0 heterocycles. The van der Waals surface area contributed by atoms with E-state index < -0.39 is 0 Å². The lowest BCUT2D eigenvalue weighted by molar-refractivity contribution is -0.384. The van der Waals surface area contributed by atoms with Crippen molar-refractivity contribution in [1.29, 1.82) is 0 Å². The minimum Gasteiger partial charge on any atom is -0.312 e. The fourth-order valence-corrected chi connectivity index (χ4v) is 1.89. The number of nitrogens with one attached hydrogen (secondary N) is 1. The molecule has 0 radical (unpaired) electrons. The van der Waals surface area contributed by atoms with Crippen LogP contribution in [0.1, 0.15) is 11.1 Å². The number of nitro groups is 1. The molecule has 0 bridgehead atoms. The smallest absolute Gasteiger partial charge is 0.269 e. The summed E-state index contributed by atoms with van der Waals surface area (Å²) in [5.74, 6) is 0. The Labute approximate surface area is 124 Å². The van der Waals surface area contributed by atoms with Crippen molar-refractivity contribution in [1.82, 2.24) is 5.32 Å². The van der Waals surface area contributed by atoms with Crippen LogP contribution in [0, 0.1) is 10.1 Å². The molecule has 106 valence electrons. The molecule has 0 amide bonds. The number of halogens is 1. The lowest BCUT2D eigenvalue weighted by Crippen LogP contribution is -2.16. The van der Waals surface area contributed by atoms with Gasteiger partial charge in [0.25, 0.3) is 5.69 Å². The third-order valence-electron chi connectivity index (χ3n) is 2.88. The zero-order chi connectivity index (χ0) is 13.5. The molecular weight excluding hydrogens is 276 g/mol. The lowest BCUT2D eigenvalue weighted by atomic mass is 10.1. The molecule has 2 aromatic rings. The average Bonchev–Trinajstić information content (AvgIpc) is 2.45. The summed E-state index contributed by atoms with van der Waals surface area (Å²) in [6.45, 7) is 1.50. The van der Waals surface area contributed by atoms with Gasteiger partial charge in [-0.3, -0.25) is 10.1 Å². The van der Waals surface area contributed by atoms with Gasteiger partial charge in [0.2, 0.25) is 0 Å². The zero-order valence-electron chi connectivity index (χ0n) is 11.0. The van der Waals surface area contributed by atoms with Gasteiger partial charge < -0.3 is 5.32 Å². The van der Waals surface area contributed by atoms with E-state index >= 15 is 0 Å². The molecule has 2 rings (SSSR count). The first kappa shape index (κ1) is 16.1. The van der Waals surface area contributed by atoms with Crippen molar-refractivity contribution in [3.63, 3.8) is 0 Å². The van der Waals surface area contributed by atoms with Crippen molar-refractivity contribution in [2.75, 3.05) is 6.54 Å². The molecule has 4 nitrogen and oxygen atoms in total. The van der Waals surface area contributed by atoms with Crippen LogP contribution in [0.3, 0.4) is 0 Å². The zero-order valence-corrected chi connectivity index (χ0v) is 11.8. The highest BCUT2D eigenvalue weighted by atomic mass is 35.5. The number of nitro benzene ring substituents is 1. The molecule has 0 spiro atoms. The van der Waals surface area contributed by atoms with Crippen LogP contribution in [0.15, 0.2) is 54.6 Å². The van der Waals surface area contributed by atoms with Crippen molar-refractivity contribution in [2.24, 2.45) is 0 Å². The quantitative estimate of drug-likeness (QED) is 0.505. The van der Waals surface area contributed by atoms with E-state index in [0.717, 1.165) is 18.5 Å². The van der Waals surface area contributed by atoms with Crippen LogP contribution in [0.4, 0.5) is 5.69 Å². The Bertz CT molecular complexity index is 547. The predicted molar refractivity (Wildman–Crippen MR) is 82.2 cm³/mol. The Morgan fingerprint density at radius 1 is 1.00 bits per heavy atom. The first-order chi connectivity index (χ1) is 9.25. The highest BCUT2D eigenvalue weighted by Gasteiger charge is 2.04. The Morgan fingerprint density at radius 2 is 1.70 bits per heavy atom. The van der Waals surface area contributed by atoms with Crippen molar-refractivity contribution in [3.8, 4) is 0 Å². The summed E-state index contributed by atoms with van der Waals surface area (Å²) in [4.78, 5) is 10.3. The highest BCUT2D eigenvalue weighted by molar-refractivity contribution is 5.85. The van der Waals surface area contributed by atoms with E-state index in [0.29, 0.717) is 6.54 Å². The number of rotatable bonds is 6. The molecular formula is C15H17ClN2O2. The predicted octanol–water partition coefficient (Wildman–Crippen LogP) is 3.35. The maximum Gasteiger partial charge on any atom is 0.269 e. The van der Waals surface area contributed by atoms with Gasteiger partial charge >= 0.3 is 0 Å². The van der Waals surface area contributed by atoms with Crippen LogP contribution in [-0.2, 0) is 13.0 Å². The molecule has 0 atom stereocenters. The van der Waals surface area contributed by atoms with Gasteiger partial charge in [0.1, 0.15) is 0 Å². The van der Waals surface area contributed by atoms with Crippen LogP contribution < -0.4 is 5.32 Å². The summed E-state index contributed by atoms with van der Waals surface area (Å²) >= 11 is 0. The molecule has 0 aliphatic heterocycles. The molecule has 20 heavy (non-hydrogen) atoms. The minimum atomic E-state index is -0.368. The van der Waals surface area contributed by atoms with Crippen molar-refractivity contribution >= 4 is 18.1 Å². The largest absolute Gasteiger partial charge is 0.312 e. The molecule has 0 aliphatic rings. The SMILES string of the molecule is Cl.O=[N+]([O-])c1cccc(CNCCc2ccccc2)c1. The van der Waals surface area contributed by atoms with Gasteiger partial charge in [-0.2, -0.15) is 0 Å². The Kier molecular flexibility index (Phi) is 6.70. The average molecular weight is 293 g/mol. The van der Waals surface area contributed by atoms with Crippen molar-refractivity contribution in [3.05, 3.63) is 75.8 Å². The lowest BCUT2D eigenvalue weighted by Gasteiger charge is -2.05. The van der Waals surface area contributed by atoms with E-state index in [1.54, 1.807) is 12.1 Å². The van der Waals surface area contributed by atoms with Crippen LogP contribution in [-0.4, -0.2) is 11.5 Å². The monoisotopic (exact) mass is 292 g/mol. The first-order valence-corrected chi connectivity index (χ1v) is 6.24. The number of hydrogen-bond donors (Lipinski definition) is 1. The highest BCUT2D eigenvalue weighted by Crippen LogP contribution is 2.12. The fraction of sp³-hybridized carbons (Fsp3) is 0.200. The number of nitrogens with zero attached hydrogens (tertiary/aromatic N) is 1. The second-order valence-electron chi connectivity index (χ2n) is 4.34. The van der Waals surface area contributed by atoms with E-state index in [1.807, 2.05) is 24.3 Å². The first-order valence-electron chi connectivity index (χ1n) is 6.24. The summed E-state index contributed by atoms with van der Waals surface area (Å²) in [5, 5.41) is 13.9. The summed E-state index contributed by atoms with van der Waals surface area (Å²) in [5.41, 5.74) is 2.36. The minimum absolute atomic E-state index is 0. The van der Waals surface area contributed by atoms with E-state index in [1.165, 1.54) is 11.6 Å². The van der Waals surface area contributed by atoms with Crippen molar-refractivity contribution < 1.29 is 4.92 Å². The van der Waals surface area contributed by atoms with E-state index in [9.17, 15) is 10.1 Å². The van der Waals surface area contributed by atoms with Crippen LogP contribution >= 0.6 is 12.4 Å². The van der Waals surface area contributed by atoms with Crippen LogP contribution in [0.5, 0.6) is 0 Å². The molecule has 1 N–H and O–H groups in total. The van der Waals surface area contributed by atoms with Gasteiger partial charge in [-0.05, 0) is 24.1 Å². The Morgan fingerprint density at radius 3 is 2.40 bits per heavy atom. The van der Waals surface area contributed by atoms with Gasteiger partial charge in [-0.15, -0.1) is 12.4 Å². The number of benzene rings is 2. The number of hydrogen-bond acceptors (Lipinski definition) is 3. The molecule has 0 aliphatic carbocycles. The molecule has 2 aromatic carbocycles. The summed E-state index contributed by atoms with van der Waals surface area (Å²) in [6, 6.07) is 17.0. The normalized spacial score (nSPS) is 9.80. The molecule has 0 fully saturated rings. The molecule has 5 heteroatoms. The summed E-state index contributed by atoms with van der Waals surface area (Å²) in [7, 11) is 0. The molecule has 0 unspecified atom stereocenters. The van der Waals surface area contributed by atoms with Gasteiger partial charge in [0.15, 0.2) is 0 Å². The van der Waals surface area contributed by atoms with Gasteiger partial charge in [-0.1, -0.05) is 42.5 Å². The summed E-state index contributed by atoms with van der Waals surface area (Å²) in [6.07, 6.45) is 0.954. The Balaban J connectivity index is 0.00000200. The van der Waals surface area contributed by atoms with Gasteiger partial charge in [0, 0.05) is 18.7 Å². The third kappa shape index (κ3) is 4.99. The second-order valence-corrected chi connectivity index (χ2v) is 4.34. The third-order valence-corrected chi connectivity index (χ3v) is 2.88. The summed E-state index contributed by atoms with van der Waals surface area (Å²) < 4.78 is 0. The van der Waals surface area contributed by atoms with Gasteiger partial charge in [-0.25, -0.2) is 0 Å². The van der Waals surface area contributed by atoms with E-state index in [-0.39, 0.29) is 23.0 Å². The van der Waals surface area contributed by atoms with Gasteiger partial charge in [0.05, 0.1) is 4.92 Å². The topological polar surface area (TPSA) is 55.2 Å². The van der Waals surface area contributed by atoms with E-state index in [2.05, 4.69) is 17.4 Å². The van der Waals surface area contributed by atoms with E-state index in [4.69, 9.17) is 0 Å². The van der Waals surface area contributed by atoms with Crippen molar-refractivity contribution in [2.45, 2.75) is 13.0 Å². The Hall–Kier alpha value is -1.91. The second kappa shape index (κ2) is 8.30. The molecule has 0 saturated heterocycles. The molecule has 0 saturated carbocycles. The standard InChI is InChI=1S/C15H16N2O2.ClH/c18-17(19)15-8-4-7-14(11-15)12-16-10-9-13-5-2-1-3-6-13;/h1-8,11,16H,9-10,12H2;1H. The maximum atomic E-state index is 10.7. The molecule has 0 aromatic heterocycles. The fourth-order valence-electron chi connectivity index (χ4n) is 1.89. The number of non-ortho nitro benzene ring substituents is 1. The maximum absolute atomic E-state index is 10.7.